The van der Waals surface area contributed by atoms with Crippen LogP contribution >= 0.6 is 0 Å². The molecule has 3 rings (SSSR count). The molecule has 4 N–H and O–H groups in total. The molecular weight excluding hydrogens is 500 g/mol. The molecule has 0 unspecified atom stereocenters. The number of hydrogen-bond donors (Lipinski definition) is 3. The van der Waals surface area contributed by atoms with Gasteiger partial charge in [-0.2, -0.15) is 13.2 Å². The fourth-order valence-electron chi connectivity index (χ4n) is 4.30. The Morgan fingerprint density at radius 1 is 1.11 bits per heavy atom. The fraction of sp³-hybridized carbons (Fsp3) is 0.520. The largest absolute Gasteiger partial charge is 0.482 e. The average molecular weight is 533 g/mol. The molecule has 1 saturated heterocycles. The van der Waals surface area contributed by atoms with E-state index in [-0.39, 0.29) is 28.9 Å². The molecule has 200 valence electrons. The highest BCUT2D eigenvalue weighted by Gasteiger charge is 2.39. The molecule has 0 saturated carbocycles. The maximum atomic E-state index is 14.3. The van der Waals surface area contributed by atoms with Gasteiger partial charge in [-0.25, -0.2) is 12.8 Å². The van der Waals surface area contributed by atoms with Crippen molar-refractivity contribution in [3.63, 3.8) is 0 Å². The summed E-state index contributed by atoms with van der Waals surface area (Å²) < 4.78 is 81.8. The molecule has 0 aromatic heterocycles. The highest BCUT2D eigenvalue weighted by Crippen LogP contribution is 2.31. The zero-order valence-electron chi connectivity index (χ0n) is 20.4. The van der Waals surface area contributed by atoms with E-state index in [0.29, 0.717) is 6.54 Å². The van der Waals surface area contributed by atoms with Gasteiger partial charge in [-0.15, -0.1) is 0 Å². The molecule has 1 heterocycles. The van der Waals surface area contributed by atoms with Gasteiger partial charge < -0.3 is 20.9 Å². The summed E-state index contributed by atoms with van der Waals surface area (Å²) in [5, 5.41) is 14.1. The minimum absolute atomic E-state index is 0.0637. The smallest absolute Gasteiger partial charge is 0.422 e. The SMILES string of the molecule is CC(C)(C)c1cccc(CN[C@H]2CS(=O)(=O)C[C@@H](Cc3cc(F)c(N)c(OCC(F)(F)F)c3)[C@@H]2O)c1. The maximum absolute atomic E-state index is 14.3. The number of benzene rings is 2. The molecule has 0 radical (unpaired) electrons. The van der Waals surface area contributed by atoms with Crippen LogP contribution in [0.4, 0.5) is 23.2 Å². The van der Waals surface area contributed by atoms with Crippen molar-refractivity contribution in [2.45, 2.75) is 57.5 Å². The molecular formula is C25H32F4N2O4S. The van der Waals surface area contributed by atoms with Crippen molar-refractivity contribution in [3.8, 4) is 5.75 Å². The van der Waals surface area contributed by atoms with E-state index in [0.717, 1.165) is 23.3 Å². The lowest BCUT2D eigenvalue weighted by Gasteiger charge is -2.35. The normalized spacial score (nSPS) is 22.4. The summed E-state index contributed by atoms with van der Waals surface area (Å²) in [6, 6.07) is 9.26. The Hall–Kier alpha value is -2.37. The van der Waals surface area contributed by atoms with Gasteiger partial charge in [0.1, 0.15) is 17.3 Å². The van der Waals surface area contributed by atoms with Gasteiger partial charge in [-0.1, -0.05) is 45.0 Å². The Morgan fingerprint density at radius 3 is 2.44 bits per heavy atom. The minimum atomic E-state index is -4.64. The highest BCUT2D eigenvalue weighted by molar-refractivity contribution is 7.91. The van der Waals surface area contributed by atoms with E-state index in [4.69, 9.17) is 5.73 Å². The van der Waals surface area contributed by atoms with Crippen molar-refractivity contribution in [1.82, 2.24) is 5.32 Å². The van der Waals surface area contributed by atoms with Crippen molar-refractivity contribution in [2.24, 2.45) is 5.92 Å². The van der Waals surface area contributed by atoms with E-state index in [2.05, 4.69) is 30.8 Å². The first kappa shape index (κ1) is 28.2. The third kappa shape index (κ3) is 7.57. The molecule has 0 bridgehead atoms. The van der Waals surface area contributed by atoms with Crippen LogP contribution in [0.5, 0.6) is 5.75 Å². The minimum Gasteiger partial charge on any atom is -0.482 e. The summed E-state index contributed by atoms with van der Waals surface area (Å²) in [5.74, 6) is -2.87. The summed E-state index contributed by atoms with van der Waals surface area (Å²) in [5.41, 5.74) is 7.11. The summed E-state index contributed by atoms with van der Waals surface area (Å²) in [7, 11) is -3.55. The number of aliphatic hydroxyl groups excluding tert-OH is 1. The van der Waals surface area contributed by atoms with E-state index in [1.165, 1.54) is 0 Å². The topological polar surface area (TPSA) is 102 Å². The second-order valence-corrected chi connectivity index (χ2v) is 12.5. The monoisotopic (exact) mass is 532 g/mol. The van der Waals surface area contributed by atoms with Crippen molar-refractivity contribution in [2.75, 3.05) is 23.8 Å². The van der Waals surface area contributed by atoms with E-state index in [9.17, 15) is 31.1 Å². The van der Waals surface area contributed by atoms with Gasteiger partial charge in [0.15, 0.2) is 16.4 Å². The van der Waals surface area contributed by atoms with Crippen LogP contribution in [0.3, 0.4) is 0 Å². The standard InChI is InChI=1S/C25H32F4N2O4S/c1-24(2,3)18-6-4-5-15(8-18)11-31-20-13-36(33,34)12-17(23(20)32)7-16-9-19(26)22(30)21(10-16)35-14-25(27,28)29/h4-6,8-10,17,20,23,31-32H,7,11-14,30H2,1-3H3/t17-,20+,23+/m1/s1. The van der Waals surface area contributed by atoms with Gasteiger partial charge in [0.2, 0.25) is 0 Å². The number of nitrogens with one attached hydrogen (secondary N) is 1. The number of rotatable bonds is 7. The van der Waals surface area contributed by atoms with Crippen LogP contribution in [0.25, 0.3) is 0 Å². The van der Waals surface area contributed by atoms with Crippen LogP contribution in [0.1, 0.15) is 37.5 Å². The van der Waals surface area contributed by atoms with Gasteiger partial charge in [-0.3, -0.25) is 0 Å². The molecule has 0 amide bonds. The summed E-state index contributed by atoms with van der Waals surface area (Å²) >= 11 is 0. The number of hydrogen-bond acceptors (Lipinski definition) is 6. The first-order valence-corrected chi connectivity index (χ1v) is 13.3. The first-order valence-electron chi connectivity index (χ1n) is 11.5. The lowest BCUT2D eigenvalue weighted by molar-refractivity contribution is -0.153. The van der Waals surface area contributed by atoms with Crippen LogP contribution < -0.4 is 15.8 Å². The predicted octanol–water partition coefficient (Wildman–Crippen LogP) is 3.75. The second kappa shape index (κ2) is 10.5. The Morgan fingerprint density at radius 2 is 1.81 bits per heavy atom. The predicted molar refractivity (Wildman–Crippen MR) is 130 cm³/mol. The summed E-state index contributed by atoms with van der Waals surface area (Å²) in [4.78, 5) is 0. The third-order valence-corrected chi connectivity index (χ3v) is 8.00. The lowest BCUT2D eigenvalue weighted by atomic mass is 9.86. The number of ether oxygens (including phenoxy) is 1. The van der Waals surface area contributed by atoms with E-state index >= 15 is 0 Å². The number of aliphatic hydroxyl groups is 1. The Bertz CT molecular complexity index is 1180. The quantitative estimate of drug-likeness (QED) is 0.371. The maximum Gasteiger partial charge on any atom is 0.422 e. The molecule has 6 nitrogen and oxygen atoms in total. The molecule has 1 fully saturated rings. The number of anilines is 1. The molecule has 36 heavy (non-hydrogen) atoms. The number of nitrogens with two attached hydrogens (primary N) is 1. The van der Waals surface area contributed by atoms with Crippen molar-refractivity contribution >= 4 is 15.5 Å². The van der Waals surface area contributed by atoms with Crippen LogP contribution in [-0.2, 0) is 28.2 Å². The Labute approximate surface area is 208 Å². The first-order chi connectivity index (χ1) is 16.5. The molecule has 2 aromatic carbocycles. The van der Waals surface area contributed by atoms with Crippen LogP contribution in [0.2, 0.25) is 0 Å². The summed E-state index contributed by atoms with van der Waals surface area (Å²) in [6.07, 6.45) is -5.81. The second-order valence-electron chi connectivity index (χ2n) is 10.4. The molecule has 2 aromatic rings. The zero-order chi connectivity index (χ0) is 26.9. The van der Waals surface area contributed by atoms with Crippen molar-refractivity contribution in [1.29, 1.82) is 0 Å². The number of sulfone groups is 1. The van der Waals surface area contributed by atoms with E-state index in [1.807, 2.05) is 24.3 Å². The third-order valence-electron chi connectivity index (χ3n) is 6.20. The summed E-state index contributed by atoms with van der Waals surface area (Å²) in [6.45, 7) is 4.94. The average Bonchev–Trinajstić information content (AvgIpc) is 2.75. The van der Waals surface area contributed by atoms with Gasteiger partial charge in [0.05, 0.1) is 17.6 Å². The van der Waals surface area contributed by atoms with E-state index in [1.54, 1.807) is 0 Å². The number of alkyl halides is 3. The fourth-order valence-corrected chi connectivity index (χ4v) is 6.26. The van der Waals surface area contributed by atoms with Gasteiger partial charge >= 0.3 is 6.18 Å². The Balaban J connectivity index is 1.75. The number of nitrogen functional groups attached to an aromatic ring is 1. The Kier molecular flexibility index (Phi) is 8.26. The molecule has 11 heteroatoms. The molecule has 0 aliphatic carbocycles. The molecule has 0 spiro atoms. The van der Waals surface area contributed by atoms with Gasteiger partial charge in [-0.05, 0) is 40.7 Å². The zero-order valence-corrected chi connectivity index (χ0v) is 21.2. The van der Waals surface area contributed by atoms with Gasteiger partial charge in [0, 0.05) is 18.5 Å². The van der Waals surface area contributed by atoms with Crippen molar-refractivity contribution < 1.29 is 35.8 Å². The molecule has 1 aliphatic rings. The van der Waals surface area contributed by atoms with Crippen LogP contribution in [-0.4, -0.2) is 50.0 Å². The molecule has 1 aliphatic heterocycles. The van der Waals surface area contributed by atoms with Crippen LogP contribution in [0.15, 0.2) is 36.4 Å². The number of halogens is 4. The highest BCUT2D eigenvalue weighted by atomic mass is 32.2. The van der Waals surface area contributed by atoms with Crippen LogP contribution in [0, 0.1) is 11.7 Å². The molecule has 3 atom stereocenters. The van der Waals surface area contributed by atoms with Crippen molar-refractivity contribution in [3.05, 3.63) is 58.9 Å². The van der Waals surface area contributed by atoms with Gasteiger partial charge in [0.25, 0.3) is 0 Å². The van der Waals surface area contributed by atoms with E-state index < -0.39 is 57.9 Å². The lowest BCUT2D eigenvalue weighted by Crippen LogP contribution is -2.54.